The first-order chi connectivity index (χ1) is 11.1. The van der Waals surface area contributed by atoms with Crippen LogP contribution >= 0.6 is 12.4 Å². The molecule has 0 fully saturated rings. The largest absolute Gasteiger partial charge is 0.478 e. The molecule has 0 bridgehead atoms. The zero-order chi connectivity index (χ0) is 17.1. The van der Waals surface area contributed by atoms with Gasteiger partial charge in [-0.1, -0.05) is 64.4 Å². The highest BCUT2D eigenvalue weighted by atomic mass is 35.5. The van der Waals surface area contributed by atoms with Gasteiger partial charge in [0, 0.05) is 0 Å². The Bertz CT molecular complexity index is 514. The van der Waals surface area contributed by atoms with Gasteiger partial charge in [0.15, 0.2) is 0 Å². The Morgan fingerprint density at radius 3 is 1.79 bits per heavy atom. The van der Waals surface area contributed by atoms with E-state index in [2.05, 4.69) is 6.92 Å². The molecule has 0 saturated carbocycles. The van der Waals surface area contributed by atoms with E-state index in [1.807, 2.05) is 0 Å². The number of hydrogen-bond acceptors (Lipinski definition) is 2. The van der Waals surface area contributed by atoms with E-state index < -0.39 is 11.9 Å². The van der Waals surface area contributed by atoms with Crippen molar-refractivity contribution in [2.75, 3.05) is 0 Å². The minimum Gasteiger partial charge on any atom is -0.478 e. The number of benzene rings is 1. The molecule has 4 nitrogen and oxygen atoms in total. The van der Waals surface area contributed by atoms with Gasteiger partial charge in [0.2, 0.25) is 0 Å². The van der Waals surface area contributed by atoms with Crippen LogP contribution in [-0.2, 0) is 6.42 Å². The highest BCUT2D eigenvalue weighted by Crippen LogP contribution is 2.16. The Kier molecular flexibility index (Phi) is 12.0. The average Bonchev–Trinajstić information content (AvgIpc) is 2.53. The van der Waals surface area contributed by atoms with E-state index >= 15 is 0 Å². The number of carboxylic acids is 2. The lowest BCUT2D eigenvalue weighted by Gasteiger charge is -2.06. The number of aromatic carboxylic acids is 2. The molecule has 0 atom stereocenters. The molecule has 2 N–H and O–H groups in total. The summed E-state index contributed by atoms with van der Waals surface area (Å²) in [5.41, 5.74) is 0.634. The van der Waals surface area contributed by atoms with Gasteiger partial charge in [-0.2, -0.15) is 0 Å². The van der Waals surface area contributed by atoms with Crippen LogP contribution in [0.1, 0.15) is 91.0 Å². The van der Waals surface area contributed by atoms with E-state index in [4.69, 9.17) is 10.2 Å². The number of rotatable bonds is 12. The Hall–Kier alpha value is -1.55. The predicted octanol–water partition coefficient (Wildman–Crippen LogP) is 5.58. The summed E-state index contributed by atoms with van der Waals surface area (Å²) in [5.74, 6) is -2.38. The predicted molar refractivity (Wildman–Crippen MR) is 98.5 cm³/mol. The average molecular weight is 357 g/mol. The molecular weight excluding hydrogens is 328 g/mol. The molecule has 0 aliphatic carbocycles. The molecular formula is C19H29ClO4. The Labute approximate surface area is 150 Å². The second kappa shape index (κ2) is 12.8. The quantitative estimate of drug-likeness (QED) is 0.479. The summed E-state index contributed by atoms with van der Waals surface area (Å²) in [6.45, 7) is 2.22. The van der Waals surface area contributed by atoms with Gasteiger partial charge in [0.05, 0.1) is 11.1 Å². The lowest BCUT2D eigenvalue weighted by atomic mass is 9.99. The molecule has 0 amide bonds. The monoisotopic (exact) mass is 356 g/mol. The van der Waals surface area contributed by atoms with Gasteiger partial charge in [-0.05, 0) is 30.5 Å². The van der Waals surface area contributed by atoms with Gasteiger partial charge in [0.1, 0.15) is 0 Å². The molecule has 136 valence electrons. The van der Waals surface area contributed by atoms with Crippen LogP contribution in [0, 0.1) is 0 Å². The zero-order valence-corrected chi connectivity index (χ0v) is 15.2. The van der Waals surface area contributed by atoms with Crippen molar-refractivity contribution in [2.24, 2.45) is 0 Å². The number of carbonyl (C=O) groups is 2. The molecule has 0 saturated heterocycles. The number of hydrogen-bond donors (Lipinski definition) is 2. The van der Waals surface area contributed by atoms with E-state index in [0.29, 0.717) is 0 Å². The van der Waals surface area contributed by atoms with Crippen molar-refractivity contribution in [3.05, 3.63) is 34.9 Å². The van der Waals surface area contributed by atoms with Gasteiger partial charge in [-0.3, -0.25) is 0 Å². The highest BCUT2D eigenvalue weighted by molar-refractivity contribution is 6.01. The van der Waals surface area contributed by atoms with Crippen LogP contribution in [0.5, 0.6) is 0 Å². The van der Waals surface area contributed by atoms with Crippen LogP contribution in [0.2, 0.25) is 0 Å². The molecule has 5 heteroatoms. The van der Waals surface area contributed by atoms with Crippen molar-refractivity contribution >= 4 is 24.3 Å². The third kappa shape index (κ3) is 8.34. The number of aryl methyl sites for hydroxylation is 1. The summed E-state index contributed by atoms with van der Waals surface area (Å²) < 4.78 is 0. The molecule has 1 rings (SSSR count). The van der Waals surface area contributed by atoms with E-state index in [1.54, 1.807) is 6.07 Å². The van der Waals surface area contributed by atoms with Crippen molar-refractivity contribution in [2.45, 2.75) is 71.1 Å². The van der Waals surface area contributed by atoms with Crippen molar-refractivity contribution in [1.82, 2.24) is 0 Å². The van der Waals surface area contributed by atoms with Crippen LogP contribution in [0.4, 0.5) is 0 Å². The maximum Gasteiger partial charge on any atom is 0.336 e. The molecule has 0 aromatic heterocycles. The van der Waals surface area contributed by atoms with Crippen LogP contribution in [0.3, 0.4) is 0 Å². The second-order valence-corrected chi connectivity index (χ2v) is 6.07. The van der Waals surface area contributed by atoms with Crippen molar-refractivity contribution in [3.63, 3.8) is 0 Å². The fourth-order valence-corrected chi connectivity index (χ4v) is 2.75. The van der Waals surface area contributed by atoms with Gasteiger partial charge in [-0.15, -0.1) is 12.4 Å². The second-order valence-electron chi connectivity index (χ2n) is 6.07. The number of halogens is 1. The number of carboxylic acid groups (broad SMARTS) is 2. The first kappa shape index (κ1) is 22.4. The summed E-state index contributed by atoms with van der Waals surface area (Å²) >= 11 is 0. The highest BCUT2D eigenvalue weighted by Gasteiger charge is 2.16. The summed E-state index contributed by atoms with van der Waals surface area (Å²) in [5, 5.41) is 18.1. The topological polar surface area (TPSA) is 74.6 Å². The third-order valence-electron chi connectivity index (χ3n) is 4.11. The molecule has 0 unspecified atom stereocenters. The normalized spacial score (nSPS) is 10.2. The smallest absolute Gasteiger partial charge is 0.336 e. The molecule has 0 aliphatic heterocycles. The van der Waals surface area contributed by atoms with Gasteiger partial charge < -0.3 is 10.2 Å². The Morgan fingerprint density at radius 1 is 0.792 bits per heavy atom. The van der Waals surface area contributed by atoms with Crippen LogP contribution in [-0.4, -0.2) is 22.2 Å². The van der Waals surface area contributed by atoms with E-state index in [0.717, 1.165) is 24.8 Å². The summed E-state index contributed by atoms with van der Waals surface area (Å²) in [6, 6.07) is 4.62. The molecule has 24 heavy (non-hydrogen) atoms. The maximum atomic E-state index is 11.1. The molecule has 0 heterocycles. The van der Waals surface area contributed by atoms with E-state index in [1.165, 1.54) is 57.1 Å². The van der Waals surface area contributed by atoms with Crippen molar-refractivity contribution < 1.29 is 19.8 Å². The van der Waals surface area contributed by atoms with Crippen LogP contribution in [0.25, 0.3) is 0 Å². The van der Waals surface area contributed by atoms with Crippen molar-refractivity contribution in [3.8, 4) is 0 Å². The molecule has 0 spiro atoms. The zero-order valence-electron chi connectivity index (χ0n) is 14.4. The van der Waals surface area contributed by atoms with Crippen LogP contribution < -0.4 is 0 Å². The molecule has 0 aliphatic rings. The minimum absolute atomic E-state index is 0. The SMILES string of the molecule is CCCCCCCCCCCc1ccc(C(=O)O)c(C(=O)O)c1.Cl. The first-order valence-corrected chi connectivity index (χ1v) is 8.65. The van der Waals surface area contributed by atoms with E-state index in [9.17, 15) is 9.59 Å². The minimum atomic E-state index is -1.20. The fourth-order valence-electron chi connectivity index (χ4n) is 2.75. The van der Waals surface area contributed by atoms with E-state index in [-0.39, 0.29) is 23.5 Å². The summed E-state index contributed by atoms with van der Waals surface area (Å²) in [4.78, 5) is 22.1. The molecule has 0 radical (unpaired) electrons. The molecule has 1 aromatic rings. The van der Waals surface area contributed by atoms with Crippen LogP contribution in [0.15, 0.2) is 18.2 Å². The standard InChI is InChI=1S/C19H28O4.ClH/c1-2-3-4-5-6-7-8-9-10-11-15-12-13-16(18(20)21)17(14-15)19(22)23;/h12-14H,2-11H2,1H3,(H,20,21)(H,22,23);1H. The van der Waals surface area contributed by atoms with Gasteiger partial charge in [-0.25, -0.2) is 9.59 Å². The third-order valence-corrected chi connectivity index (χ3v) is 4.11. The Morgan fingerprint density at radius 2 is 1.29 bits per heavy atom. The lowest BCUT2D eigenvalue weighted by Crippen LogP contribution is -2.08. The van der Waals surface area contributed by atoms with Gasteiger partial charge >= 0.3 is 11.9 Å². The fraction of sp³-hybridized carbons (Fsp3) is 0.579. The lowest BCUT2D eigenvalue weighted by molar-refractivity contribution is 0.0651. The first-order valence-electron chi connectivity index (χ1n) is 8.65. The Balaban J connectivity index is 0.00000529. The summed E-state index contributed by atoms with van der Waals surface area (Å²) in [7, 11) is 0. The summed E-state index contributed by atoms with van der Waals surface area (Å²) in [6.07, 6.45) is 12.0. The van der Waals surface area contributed by atoms with Crippen molar-refractivity contribution in [1.29, 1.82) is 0 Å². The maximum absolute atomic E-state index is 11.1. The molecule has 1 aromatic carbocycles. The number of unbranched alkanes of at least 4 members (excludes halogenated alkanes) is 8. The van der Waals surface area contributed by atoms with Gasteiger partial charge in [0.25, 0.3) is 0 Å².